The minimum Gasteiger partial charge on any atom is -0.383 e. The highest BCUT2D eigenvalue weighted by molar-refractivity contribution is 9.10. The van der Waals surface area contributed by atoms with E-state index in [2.05, 4.69) is 21.0 Å². The number of aryl methyl sites for hydroxylation is 1. The predicted octanol–water partition coefficient (Wildman–Crippen LogP) is 2.53. The number of nitrogens with zero attached hydrogens (tertiary/aromatic N) is 2. The van der Waals surface area contributed by atoms with Crippen LogP contribution in [0.4, 0.5) is 5.82 Å². The Balaban J connectivity index is 2.49. The molecule has 0 amide bonds. The molecule has 3 nitrogen and oxygen atoms in total. The molecule has 1 aromatic carbocycles. The first kappa shape index (κ1) is 9.27. The topological polar surface area (TPSA) is 43.8 Å². The van der Waals surface area contributed by atoms with Gasteiger partial charge in [-0.25, -0.2) is 4.68 Å². The molecule has 0 saturated heterocycles. The lowest BCUT2D eigenvalue weighted by Crippen LogP contribution is -2.01. The van der Waals surface area contributed by atoms with Gasteiger partial charge in [-0.3, -0.25) is 0 Å². The van der Waals surface area contributed by atoms with Gasteiger partial charge in [0.1, 0.15) is 5.82 Å². The summed E-state index contributed by atoms with van der Waals surface area (Å²) in [6.07, 6.45) is 1.69. The molecule has 0 aliphatic carbocycles. The first-order valence-corrected chi connectivity index (χ1v) is 5.04. The number of nitrogens with two attached hydrogens (primary N) is 1. The lowest BCUT2D eigenvalue weighted by molar-refractivity contribution is 0.890. The van der Waals surface area contributed by atoms with Gasteiger partial charge in [0.2, 0.25) is 0 Å². The van der Waals surface area contributed by atoms with Crippen molar-refractivity contribution in [3.05, 3.63) is 40.5 Å². The maximum absolute atomic E-state index is 5.83. The molecule has 0 saturated carbocycles. The molecule has 0 aliphatic heterocycles. The molecule has 2 rings (SSSR count). The number of anilines is 1. The van der Waals surface area contributed by atoms with Crippen molar-refractivity contribution in [3.8, 4) is 5.69 Å². The quantitative estimate of drug-likeness (QED) is 0.847. The zero-order chi connectivity index (χ0) is 10.1. The minimum absolute atomic E-state index is 0.619. The average molecular weight is 252 g/mol. The molecule has 4 heteroatoms. The highest BCUT2D eigenvalue weighted by Crippen LogP contribution is 2.21. The van der Waals surface area contributed by atoms with Crippen molar-refractivity contribution in [1.82, 2.24) is 9.78 Å². The molecule has 0 bridgehead atoms. The van der Waals surface area contributed by atoms with Gasteiger partial charge in [-0.2, -0.15) is 5.10 Å². The van der Waals surface area contributed by atoms with E-state index >= 15 is 0 Å². The van der Waals surface area contributed by atoms with Gasteiger partial charge in [-0.15, -0.1) is 0 Å². The summed E-state index contributed by atoms with van der Waals surface area (Å²) < 4.78 is 2.52. The Labute approximate surface area is 90.7 Å². The molecule has 0 atom stereocenters. The second kappa shape index (κ2) is 3.46. The van der Waals surface area contributed by atoms with Gasteiger partial charge >= 0.3 is 0 Å². The van der Waals surface area contributed by atoms with E-state index in [1.54, 1.807) is 10.9 Å². The van der Waals surface area contributed by atoms with Crippen LogP contribution in [0, 0.1) is 6.92 Å². The summed E-state index contributed by atoms with van der Waals surface area (Å²) in [5, 5.41) is 4.16. The third-order valence-electron chi connectivity index (χ3n) is 2.04. The third kappa shape index (κ3) is 1.53. The van der Waals surface area contributed by atoms with Crippen molar-refractivity contribution in [1.29, 1.82) is 0 Å². The maximum atomic E-state index is 5.83. The van der Waals surface area contributed by atoms with E-state index < -0.39 is 0 Å². The Hall–Kier alpha value is -1.29. The van der Waals surface area contributed by atoms with Crippen LogP contribution < -0.4 is 5.73 Å². The SMILES string of the molecule is Cc1ccc(-n2ncc(Br)c2N)cc1. The highest BCUT2D eigenvalue weighted by atomic mass is 79.9. The van der Waals surface area contributed by atoms with Crippen molar-refractivity contribution >= 4 is 21.7 Å². The molecular weight excluding hydrogens is 242 g/mol. The molecular formula is C10H10BrN3. The number of rotatable bonds is 1. The third-order valence-corrected chi connectivity index (χ3v) is 2.65. The van der Waals surface area contributed by atoms with Crippen LogP contribution in [0.3, 0.4) is 0 Å². The zero-order valence-electron chi connectivity index (χ0n) is 7.74. The Morgan fingerprint density at radius 1 is 1.29 bits per heavy atom. The lowest BCUT2D eigenvalue weighted by Gasteiger charge is -2.03. The number of benzene rings is 1. The fraction of sp³-hybridized carbons (Fsp3) is 0.100. The van der Waals surface area contributed by atoms with Crippen molar-refractivity contribution in [2.75, 3.05) is 5.73 Å². The van der Waals surface area contributed by atoms with Crippen LogP contribution in [0.1, 0.15) is 5.56 Å². The molecule has 2 aromatic rings. The van der Waals surface area contributed by atoms with E-state index in [-0.39, 0.29) is 0 Å². The average Bonchev–Trinajstić information content (AvgIpc) is 2.50. The van der Waals surface area contributed by atoms with E-state index in [1.165, 1.54) is 5.56 Å². The summed E-state index contributed by atoms with van der Waals surface area (Å²) in [4.78, 5) is 0. The maximum Gasteiger partial charge on any atom is 0.141 e. The van der Waals surface area contributed by atoms with Crippen LogP contribution in [0.5, 0.6) is 0 Å². The van der Waals surface area contributed by atoms with Crippen LogP contribution in [0.15, 0.2) is 34.9 Å². The summed E-state index contributed by atoms with van der Waals surface area (Å²) in [7, 11) is 0. The fourth-order valence-electron chi connectivity index (χ4n) is 1.23. The normalized spacial score (nSPS) is 10.4. The molecule has 1 heterocycles. The molecule has 2 N–H and O–H groups in total. The summed E-state index contributed by atoms with van der Waals surface area (Å²) in [5.74, 6) is 0.619. The Bertz CT molecular complexity index is 445. The molecule has 72 valence electrons. The van der Waals surface area contributed by atoms with Gasteiger partial charge < -0.3 is 5.73 Å². The summed E-state index contributed by atoms with van der Waals surface area (Å²) in [6, 6.07) is 8.05. The molecule has 0 fully saturated rings. The van der Waals surface area contributed by atoms with Gasteiger partial charge in [0.15, 0.2) is 0 Å². The number of hydrogen-bond acceptors (Lipinski definition) is 2. The Kier molecular flexibility index (Phi) is 2.29. The van der Waals surface area contributed by atoms with Gasteiger partial charge in [0.05, 0.1) is 16.4 Å². The second-order valence-electron chi connectivity index (χ2n) is 3.13. The fourth-order valence-corrected chi connectivity index (χ4v) is 1.49. The van der Waals surface area contributed by atoms with Crippen LogP contribution in [0.25, 0.3) is 5.69 Å². The van der Waals surface area contributed by atoms with Gasteiger partial charge in [-0.1, -0.05) is 17.7 Å². The lowest BCUT2D eigenvalue weighted by atomic mass is 10.2. The van der Waals surface area contributed by atoms with Crippen molar-refractivity contribution in [2.24, 2.45) is 0 Å². The molecule has 1 aromatic heterocycles. The van der Waals surface area contributed by atoms with Crippen molar-refractivity contribution in [2.45, 2.75) is 6.92 Å². The van der Waals surface area contributed by atoms with E-state index in [1.807, 2.05) is 31.2 Å². The van der Waals surface area contributed by atoms with Crippen LogP contribution in [0.2, 0.25) is 0 Å². The molecule has 14 heavy (non-hydrogen) atoms. The van der Waals surface area contributed by atoms with Crippen LogP contribution in [-0.2, 0) is 0 Å². The number of aromatic nitrogens is 2. The number of hydrogen-bond donors (Lipinski definition) is 1. The number of halogens is 1. The van der Waals surface area contributed by atoms with Gasteiger partial charge in [0, 0.05) is 0 Å². The minimum atomic E-state index is 0.619. The van der Waals surface area contributed by atoms with Gasteiger partial charge in [-0.05, 0) is 35.0 Å². The van der Waals surface area contributed by atoms with E-state index in [4.69, 9.17) is 5.73 Å². The second-order valence-corrected chi connectivity index (χ2v) is 3.98. The zero-order valence-corrected chi connectivity index (χ0v) is 9.32. The summed E-state index contributed by atoms with van der Waals surface area (Å²) in [6.45, 7) is 2.05. The van der Waals surface area contributed by atoms with E-state index in [0.717, 1.165) is 10.2 Å². The van der Waals surface area contributed by atoms with Crippen molar-refractivity contribution < 1.29 is 0 Å². The molecule has 0 aliphatic rings. The highest BCUT2D eigenvalue weighted by Gasteiger charge is 2.05. The smallest absolute Gasteiger partial charge is 0.141 e. The summed E-state index contributed by atoms with van der Waals surface area (Å²) >= 11 is 3.32. The monoisotopic (exact) mass is 251 g/mol. The molecule has 0 radical (unpaired) electrons. The van der Waals surface area contributed by atoms with Crippen LogP contribution in [-0.4, -0.2) is 9.78 Å². The number of nitrogen functional groups attached to an aromatic ring is 1. The van der Waals surface area contributed by atoms with Crippen LogP contribution >= 0.6 is 15.9 Å². The van der Waals surface area contributed by atoms with Crippen molar-refractivity contribution in [3.63, 3.8) is 0 Å². The summed E-state index contributed by atoms with van der Waals surface area (Å²) in [5.41, 5.74) is 8.02. The first-order valence-electron chi connectivity index (χ1n) is 4.24. The first-order chi connectivity index (χ1) is 6.68. The van der Waals surface area contributed by atoms with E-state index in [0.29, 0.717) is 5.82 Å². The van der Waals surface area contributed by atoms with Gasteiger partial charge in [0.25, 0.3) is 0 Å². The standard InChI is InChI=1S/C10H10BrN3/c1-7-2-4-8(5-3-7)14-10(12)9(11)6-13-14/h2-6H,12H2,1H3. The molecule has 0 unspecified atom stereocenters. The molecule has 0 spiro atoms. The Morgan fingerprint density at radius 2 is 1.93 bits per heavy atom. The van der Waals surface area contributed by atoms with E-state index in [9.17, 15) is 0 Å². The Morgan fingerprint density at radius 3 is 2.43 bits per heavy atom. The largest absolute Gasteiger partial charge is 0.383 e. The predicted molar refractivity (Wildman–Crippen MR) is 60.4 cm³/mol.